The fourth-order valence-corrected chi connectivity index (χ4v) is 3.09. The number of rotatable bonds is 3. The number of carbonyl (C=O) groups excluding carboxylic acids is 1. The Morgan fingerprint density at radius 1 is 1.30 bits per heavy atom. The average Bonchev–Trinajstić information content (AvgIpc) is 3.26. The normalized spacial score (nSPS) is 20.9. The number of aryl methyl sites for hydroxylation is 1. The molecule has 8 heteroatoms. The largest absolute Gasteiger partial charge is 0.326 e. The van der Waals surface area contributed by atoms with Crippen LogP contribution in [0.5, 0.6) is 0 Å². The highest BCUT2D eigenvalue weighted by Crippen LogP contribution is 2.29. The third-order valence-electron chi connectivity index (χ3n) is 4.29. The smallest absolute Gasteiger partial charge is 0.229 e. The van der Waals surface area contributed by atoms with Crippen molar-refractivity contribution in [3.8, 4) is 0 Å². The van der Waals surface area contributed by atoms with Crippen LogP contribution in [0.1, 0.15) is 11.5 Å². The van der Waals surface area contributed by atoms with Gasteiger partial charge < -0.3 is 10.6 Å². The number of hydrogen-bond donors (Lipinski definition) is 3. The van der Waals surface area contributed by atoms with E-state index in [0.29, 0.717) is 6.54 Å². The van der Waals surface area contributed by atoms with E-state index in [-0.39, 0.29) is 17.7 Å². The van der Waals surface area contributed by atoms with Crippen LogP contribution in [0, 0.1) is 5.92 Å². The van der Waals surface area contributed by atoms with E-state index in [1.807, 2.05) is 37.6 Å². The lowest BCUT2D eigenvalue weighted by Gasteiger charge is -2.17. The van der Waals surface area contributed by atoms with E-state index in [1.165, 1.54) is 0 Å². The Morgan fingerprint density at radius 2 is 2.17 bits per heavy atom. The van der Waals surface area contributed by atoms with E-state index in [2.05, 4.69) is 31.1 Å². The first kappa shape index (κ1) is 13.9. The highest BCUT2D eigenvalue weighted by Gasteiger charge is 2.34. The number of benzene rings is 1. The van der Waals surface area contributed by atoms with Gasteiger partial charge in [-0.1, -0.05) is 0 Å². The molecule has 4 rings (SSSR count). The molecule has 3 N–H and O–H groups in total. The van der Waals surface area contributed by atoms with Gasteiger partial charge in [0.25, 0.3) is 0 Å². The minimum atomic E-state index is -0.118. The predicted molar refractivity (Wildman–Crippen MR) is 84.8 cm³/mol. The standard InChI is InChI=1S/C15H17N7O/c1-22-8-9(5-17-22)11-6-16-7-12(11)15(23)18-10-2-3-13-14(4-10)20-21-19-13/h2-5,8,11-12,16H,6-7H2,1H3,(H,18,23)(H,19,20,21)/t11-,12+/m1/s1. The van der Waals surface area contributed by atoms with E-state index >= 15 is 0 Å². The zero-order valence-electron chi connectivity index (χ0n) is 12.7. The fraction of sp³-hybridized carbons (Fsp3) is 0.333. The number of fused-ring (bicyclic) bond motifs is 1. The Balaban J connectivity index is 1.53. The average molecular weight is 311 g/mol. The highest BCUT2D eigenvalue weighted by atomic mass is 16.1. The van der Waals surface area contributed by atoms with Gasteiger partial charge in [0.05, 0.1) is 12.1 Å². The number of aromatic nitrogens is 5. The second-order valence-electron chi connectivity index (χ2n) is 5.83. The van der Waals surface area contributed by atoms with Gasteiger partial charge in [-0.2, -0.15) is 20.5 Å². The topological polar surface area (TPSA) is 101 Å². The summed E-state index contributed by atoms with van der Waals surface area (Å²) >= 11 is 0. The number of carbonyl (C=O) groups is 1. The molecule has 0 spiro atoms. The molecule has 1 fully saturated rings. The van der Waals surface area contributed by atoms with Gasteiger partial charge in [-0.05, 0) is 23.8 Å². The van der Waals surface area contributed by atoms with Crippen LogP contribution < -0.4 is 10.6 Å². The number of anilines is 1. The maximum Gasteiger partial charge on any atom is 0.229 e. The molecule has 23 heavy (non-hydrogen) atoms. The molecule has 1 aliphatic rings. The van der Waals surface area contributed by atoms with Crippen molar-refractivity contribution in [1.82, 2.24) is 30.5 Å². The van der Waals surface area contributed by atoms with Crippen LogP contribution in [0.25, 0.3) is 11.0 Å². The molecular formula is C15H17N7O. The predicted octanol–water partition coefficient (Wildman–Crippen LogP) is 0.633. The number of H-pyrrole nitrogens is 1. The van der Waals surface area contributed by atoms with E-state index in [1.54, 1.807) is 4.68 Å². The van der Waals surface area contributed by atoms with E-state index < -0.39 is 0 Å². The molecule has 0 unspecified atom stereocenters. The summed E-state index contributed by atoms with van der Waals surface area (Å²) in [5.74, 6) is 0.0263. The minimum absolute atomic E-state index is 0.00620. The van der Waals surface area contributed by atoms with Crippen molar-refractivity contribution in [2.45, 2.75) is 5.92 Å². The SMILES string of the molecule is Cn1cc([C@H]2CNC[C@@H]2C(=O)Nc2ccc3n[nH]nc3c2)cn1. The quantitative estimate of drug-likeness (QED) is 0.659. The Kier molecular flexibility index (Phi) is 3.30. The van der Waals surface area contributed by atoms with Crippen molar-refractivity contribution in [2.24, 2.45) is 13.0 Å². The number of amides is 1. The number of nitrogens with zero attached hydrogens (tertiary/aromatic N) is 4. The minimum Gasteiger partial charge on any atom is -0.326 e. The molecule has 1 saturated heterocycles. The molecule has 1 amide bonds. The summed E-state index contributed by atoms with van der Waals surface area (Å²) in [6.45, 7) is 1.45. The second kappa shape index (κ2) is 5.47. The molecule has 3 heterocycles. The van der Waals surface area contributed by atoms with Crippen LogP contribution in [0.4, 0.5) is 5.69 Å². The maximum absolute atomic E-state index is 12.7. The summed E-state index contributed by atoms with van der Waals surface area (Å²) in [5, 5.41) is 21.1. The summed E-state index contributed by atoms with van der Waals surface area (Å²) < 4.78 is 1.77. The van der Waals surface area contributed by atoms with Crippen LogP contribution in [0.3, 0.4) is 0 Å². The number of aromatic amines is 1. The van der Waals surface area contributed by atoms with E-state index in [0.717, 1.165) is 28.8 Å². The summed E-state index contributed by atoms with van der Waals surface area (Å²) in [7, 11) is 1.88. The molecule has 0 bridgehead atoms. The second-order valence-corrected chi connectivity index (χ2v) is 5.83. The first-order valence-electron chi connectivity index (χ1n) is 7.51. The van der Waals surface area contributed by atoms with Gasteiger partial charge in [0, 0.05) is 37.9 Å². The van der Waals surface area contributed by atoms with Crippen molar-refractivity contribution in [2.75, 3.05) is 18.4 Å². The van der Waals surface area contributed by atoms with E-state index in [4.69, 9.17) is 0 Å². The molecule has 1 aromatic carbocycles. The molecule has 2 aromatic heterocycles. The summed E-state index contributed by atoms with van der Waals surface area (Å²) in [6.07, 6.45) is 3.80. The zero-order chi connectivity index (χ0) is 15.8. The Morgan fingerprint density at radius 3 is 3.00 bits per heavy atom. The van der Waals surface area contributed by atoms with Crippen LogP contribution in [0.15, 0.2) is 30.6 Å². The van der Waals surface area contributed by atoms with Gasteiger partial charge in [0.2, 0.25) is 5.91 Å². The van der Waals surface area contributed by atoms with Gasteiger partial charge in [-0.25, -0.2) is 0 Å². The number of nitrogens with one attached hydrogen (secondary N) is 3. The van der Waals surface area contributed by atoms with Crippen LogP contribution in [-0.4, -0.2) is 44.2 Å². The van der Waals surface area contributed by atoms with Gasteiger partial charge in [0.15, 0.2) is 0 Å². The lowest BCUT2D eigenvalue weighted by molar-refractivity contribution is -0.119. The Bertz CT molecular complexity index is 852. The summed E-state index contributed by atoms with van der Waals surface area (Å²) in [5.41, 5.74) is 3.33. The van der Waals surface area contributed by atoms with Crippen LogP contribution >= 0.6 is 0 Å². The zero-order valence-corrected chi connectivity index (χ0v) is 12.7. The lowest BCUT2D eigenvalue weighted by Crippen LogP contribution is -2.28. The maximum atomic E-state index is 12.7. The molecule has 1 aliphatic heterocycles. The lowest BCUT2D eigenvalue weighted by atomic mass is 9.90. The monoisotopic (exact) mass is 311 g/mol. The molecule has 0 saturated carbocycles. The van der Waals surface area contributed by atoms with Crippen LogP contribution in [0.2, 0.25) is 0 Å². The summed E-state index contributed by atoms with van der Waals surface area (Å²) in [6, 6.07) is 5.49. The third kappa shape index (κ3) is 2.57. The molecule has 8 nitrogen and oxygen atoms in total. The first-order chi connectivity index (χ1) is 11.2. The van der Waals surface area contributed by atoms with Crippen molar-refractivity contribution in [3.05, 3.63) is 36.2 Å². The van der Waals surface area contributed by atoms with Gasteiger partial charge in [0.1, 0.15) is 11.0 Å². The summed E-state index contributed by atoms with van der Waals surface area (Å²) in [4.78, 5) is 12.7. The van der Waals surface area contributed by atoms with Gasteiger partial charge in [-0.15, -0.1) is 0 Å². The highest BCUT2D eigenvalue weighted by molar-refractivity contribution is 5.95. The molecular weight excluding hydrogens is 294 g/mol. The van der Waals surface area contributed by atoms with Gasteiger partial charge in [-0.3, -0.25) is 9.48 Å². The van der Waals surface area contributed by atoms with Gasteiger partial charge >= 0.3 is 0 Å². The van der Waals surface area contributed by atoms with Crippen LogP contribution in [-0.2, 0) is 11.8 Å². The van der Waals surface area contributed by atoms with Crippen molar-refractivity contribution >= 4 is 22.6 Å². The van der Waals surface area contributed by atoms with E-state index in [9.17, 15) is 4.79 Å². The molecule has 118 valence electrons. The Hall–Kier alpha value is -2.74. The van der Waals surface area contributed by atoms with Crippen molar-refractivity contribution in [3.63, 3.8) is 0 Å². The van der Waals surface area contributed by atoms with Crippen molar-refractivity contribution in [1.29, 1.82) is 0 Å². The van der Waals surface area contributed by atoms with Crippen molar-refractivity contribution < 1.29 is 4.79 Å². The number of hydrogen-bond acceptors (Lipinski definition) is 5. The Labute approximate surface area is 132 Å². The molecule has 0 aliphatic carbocycles. The first-order valence-corrected chi connectivity index (χ1v) is 7.51. The molecule has 2 atom stereocenters. The third-order valence-corrected chi connectivity index (χ3v) is 4.29. The molecule has 0 radical (unpaired) electrons. The molecule has 3 aromatic rings. The fourth-order valence-electron chi connectivity index (χ4n) is 3.09.